The summed E-state index contributed by atoms with van der Waals surface area (Å²) in [6, 6.07) is 2.25. The Labute approximate surface area is 109 Å². The SMILES string of the molecule is CCOC(=O)c1sc2[se]c(C#N)c(C)c2c1C. The fraction of sp³-hybridized carbons (Fsp3) is 0.333. The van der Waals surface area contributed by atoms with E-state index in [4.69, 9.17) is 10.00 Å². The number of carbonyl (C=O) groups excluding carboxylic acids is 1. The maximum absolute atomic E-state index is 11.7. The van der Waals surface area contributed by atoms with Gasteiger partial charge in [-0.2, -0.15) is 0 Å². The monoisotopic (exact) mass is 313 g/mol. The van der Waals surface area contributed by atoms with Crippen molar-refractivity contribution in [1.29, 1.82) is 5.26 Å². The van der Waals surface area contributed by atoms with E-state index >= 15 is 0 Å². The van der Waals surface area contributed by atoms with E-state index < -0.39 is 0 Å². The summed E-state index contributed by atoms with van der Waals surface area (Å²) in [4.78, 5) is 12.4. The Hall–Kier alpha value is -1.08. The van der Waals surface area contributed by atoms with Gasteiger partial charge in [0, 0.05) is 0 Å². The van der Waals surface area contributed by atoms with E-state index in [2.05, 4.69) is 6.07 Å². The van der Waals surface area contributed by atoms with Gasteiger partial charge in [0.1, 0.15) is 0 Å². The van der Waals surface area contributed by atoms with Gasteiger partial charge in [0.15, 0.2) is 0 Å². The number of esters is 1. The number of hydrogen-bond donors (Lipinski definition) is 0. The van der Waals surface area contributed by atoms with Crippen molar-refractivity contribution in [2.75, 3.05) is 6.61 Å². The average molecular weight is 312 g/mol. The maximum atomic E-state index is 11.7. The molecule has 2 aromatic heterocycles. The molecule has 5 heteroatoms. The van der Waals surface area contributed by atoms with Gasteiger partial charge in [0.2, 0.25) is 0 Å². The summed E-state index contributed by atoms with van der Waals surface area (Å²) in [6.45, 7) is 6.09. The first-order chi connectivity index (χ1) is 8.10. The summed E-state index contributed by atoms with van der Waals surface area (Å²) >= 11 is 1.54. The second-order valence-electron chi connectivity index (χ2n) is 3.61. The molecule has 0 atom stereocenters. The zero-order valence-corrected chi connectivity index (χ0v) is 12.3. The molecule has 0 bridgehead atoms. The van der Waals surface area contributed by atoms with Gasteiger partial charge in [-0.1, -0.05) is 0 Å². The molecule has 0 aromatic carbocycles. The van der Waals surface area contributed by atoms with Crippen LogP contribution in [0.2, 0.25) is 0 Å². The van der Waals surface area contributed by atoms with Crippen LogP contribution in [0.15, 0.2) is 0 Å². The Kier molecular flexibility index (Phi) is 3.39. The molecule has 0 N–H and O–H groups in total. The van der Waals surface area contributed by atoms with Crippen LogP contribution in [0.25, 0.3) is 8.96 Å². The van der Waals surface area contributed by atoms with Crippen molar-refractivity contribution in [3.8, 4) is 6.07 Å². The standard InChI is InChI=1S/C12H11NO2SSe/c1-4-15-11(14)10-7(3)9-6(2)8(5-13)17-12(9)16-10/h4H2,1-3H3. The molecule has 0 saturated heterocycles. The Bertz CT molecular complexity index is 633. The third-order valence-electron chi connectivity index (χ3n) is 2.59. The molecular weight excluding hydrogens is 301 g/mol. The normalized spacial score (nSPS) is 10.5. The predicted octanol–water partition coefficient (Wildman–Crippen LogP) is 2.62. The van der Waals surface area contributed by atoms with Crippen molar-refractivity contribution in [2.24, 2.45) is 0 Å². The van der Waals surface area contributed by atoms with Crippen LogP contribution in [0, 0.1) is 25.2 Å². The molecule has 0 aliphatic rings. The predicted molar refractivity (Wildman–Crippen MR) is 68.9 cm³/mol. The number of ether oxygens (including phenoxy) is 1. The molecule has 2 rings (SSSR count). The number of carbonyl (C=O) groups is 1. The van der Waals surface area contributed by atoms with Crippen LogP contribution in [-0.2, 0) is 4.74 Å². The zero-order chi connectivity index (χ0) is 12.6. The molecule has 0 aliphatic heterocycles. The summed E-state index contributed by atoms with van der Waals surface area (Å²) in [5.74, 6) is -0.244. The quantitative estimate of drug-likeness (QED) is 0.633. The number of nitrogens with zero attached hydrogens (tertiary/aromatic N) is 1. The van der Waals surface area contributed by atoms with Crippen molar-refractivity contribution in [3.63, 3.8) is 0 Å². The van der Waals surface area contributed by atoms with Gasteiger partial charge in [-0.15, -0.1) is 0 Å². The van der Waals surface area contributed by atoms with Gasteiger partial charge >= 0.3 is 109 Å². The molecule has 2 aromatic rings. The fourth-order valence-corrected chi connectivity index (χ4v) is 5.90. The van der Waals surface area contributed by atoms with Crippen LogP contribution in [0.5, 0.6) is 0 Å². The second kappa shape index (κ2) is 4.66. The first-order valence-corrected chi connectivity index (χ1v) is 7.72. The third-order valence-corrected chi connectivity index (χ3v) is 6.69. The van der Waals surface area contributed by atoms with Crippen molar-refractivity contribution < 1.29 is 9.53 Å². The number of fused-ring (bicyclic) bond motifs is 1. The van der Waals surface area contributed by atoms with Crippen molar-refractivity contribution in [3.05, 3.63) is 20.4 Å². The molecule has 3 nitrogen and oxygen atoms in total. The Morgan fingerprint density at radius 2 is 2.18 bits per heavy atom. The molecule has 0 spiro atoms. The van der Waals surface area contributed by atoms with Gasteiger partial charge in [0.05, 0.1) is 0 Å². The molecule has 0 fully saturated rings. The molecule has 0 radical (unpaired) electrons. The fourth-order valence-electron chi connectivity index (χ4n) is 1.77. The molecule has 17 heavy (non-hydrogen) atoms. The van der Waals surface area contributed by atoms with Crippen LogP contribution in [0.1, 0.15) is 32.2 Å². The molecule has 0 unspecified atom stereocenters. The van der Waals surface area contributed by atoms with Crippen molar-refractivity contribution in [1.82, 2.24) is 0 Å². The number of hydrogen-bond acceptors (Lipinski definition) is 4. The van der Waals surface area contributed by atoms with Crippen LogP contribution in [-0.4, -0.2) is 27.1 Å². The molecule has 2 heterocycles. The molecule has 0 aliphatic carbocycles. The number of nitriles is 1. The van der Waals surface area contributed by atoms with E-state index in [9.17, 15) is 4.79 Å². The first kappa shape index (κ1) is 12.4. The van der Waals surface area contributed by atoms with Crippen LogP contribution >= 0.6 is 11.3 Å². The number of thiophene rings is 1. The minimum atomic E-state index is -0.244. The Morgan fingerprint density at radius 3 is 2.71 bits per heavy atom. The Balaban J connectivity index is 2.60. The average Bonchev–Trinajstić information content (AvgIpc) is 2.78. The summed E-state index contributed by atoms with van der Waals surface area (Å²) < 4.78 is 7.08. The third kappa shape index (κ3) is 1.93. The van der Waals surface area contributed by atoms with E-state index in [0.29, 0.717) is 11.5 Å². The van der Waals surface area contributed by atoms with Crippen LogP contribution in [0.3, 0.4) is 0 Å². The summed E-state index contributed by atoms with van der Waals surface area (Å²) in [5, 5.41) is 10.1. The number of rotatable bonds is 2. The summed E-state index contributed by atoms with van der Waals surface area (Å²) in [6.07, 6.45) is 0. The van der Waals surface area contributed by atoms with E-state index in [1.165, 1.54) is 14.9 Å². The molecule has 0 amide bonds. The van der Waals surface area contributed by atoms with Crippen LogP contribution in [0.4, 0.5) is 0 Å². The van der Waals surface area contributed by atoms with Crippen molar-refractivity contribution in [2.45, 2.75) is 20.8 Å². The van der Waals surface area contributed by atoms with E-state index in [1.54, 1.807) is 6.92 Å². The number of aryl methyl sites for hydroxylation is 2. The van der Waals surface area contributed by atoms with Crippen LogP contribution < -0.4 is 0 Å². The van der Waals surface area contributed by atoms with Crippen molar-refractivity contribution >= 4 is 40.8 Å². The van der Waals surface area contributed by atoms with Gasteiger partial charge < -0.3 is 0 Å². The summed E-state index contributed by atoms with van der Waals surface area (Å²) in [5.41, 5.74) is 2.00. The van der Waals surface area contributed by atoms with E-state index in [1.807, 2.05) is 13.8 Å². The van der Waals surface area contributed by atoms with Gasteiger partial charge in [-0.05, 0) is 0 Å². The first-order valence-electron chi connectivity index (χ1n) is 5.19. The second-order valence-corrected chi connectivity index (χ2v) is 7.35. The minimum absolute atomic E-state index is 0.0638. The topological polar surface area (TPSA) is 50.1 Å². The molecule has 88 valence electrons. The van der Waals surface area contributed by atoms with Gasteiger partial charge in [-0.3, -0.25) is 0 Å². The zero-order valence-electron chi connectivity index (χ0n) is 9.79. The van der Waals surface area contributed by atoms with Gasteiger partial charge in [0.25, 0.3) is 0 Å². The molecular formula is C12H11NO2SSe. The Morgan fingerprint density at radius 1 is 1.47 bits per heavy atom. The van der Waals surface area contributed by atoms with E-state index in [0.717, 1.165) is 21.0 Å². The van der Waals surface area contributed by atoms with E-state index in [-0.39, 0.29) is 20.5 Å². The van der Waals surface area contributed by atoms with Gasteiger partial charge in [-0.25, -0.2) is 0 Å². The molecule has 0 saturated carbocycles. The summed E-state index contributed by atoms with van der Waals surface area (Å²) in [7, 11) is 0.